The molecule has 0 atom stereocenters. The van der Waals surface area contributed by atoms with Crippen molar-refractivity contribution in [2.75, 3.05) is 7.11 Å². The van der Waals surface area contributed by atoms with E-state index in [1.165, 1.54) is 0 Å². The number of esters is 1. The van der Waals surface area contributed by atoms with Crippen molar-refractivity contribution in [3.8, 4) is 11.5 Å². The lowest BCUT2D eigenvalue weighted by Gasteiger charge is -1.96. The minimum absolute atomic E-state index is 0.00523. The summed E-state index contributed by atoms with van der Waals surface area (Å²) < 4.78 is 22.5. The van der Waals surface area contributed by atoms with Crippen molar-refractivity contribution in [3.05, 3.63) is 40.0 Å². The van der Waals surface area contributed by atoms with Crippen LogP contribution in [0.2, 0.25) is 0 Å². The lowest BCUT2D eigenvalue weighted by atomic mass is 10.2. The van der Waals surface area contributed by atoms with Gasteiger partial charge in [-0.05, 0) is 6.07 Å². The monoisotopic (exact) mass is 267 g/mol. The molecule has 0 fully saturated rings. The first-order chi connectivity index (χ1) is 9.01. The van der Waals surface area contributed by atoms with Gasteiger partial charge in [-0.1, -0.05) is 0 Å². The van der Waals surface area contributed by atoms with Gasteiger partial charge >= 0.3 is 11.9 Å². The van der Waals surface area contributed by atoms with Crippen molar-refractivity contribution >= 4 is 11.7 Å². The second-order valence-corrected chi connectivity index (χ2v) is 3.36. The highest BCUT2D eigenvalue weighted by Crippen LogP contribution is 2.24. The molecule has 0 N–H and O–H groups in total. The Morgan fingerprint density at radius 1 is 1.42 bits per heavy atom. The van der Waals surface area contributed by atoms with Crippen LogP contribution in [0.25, 0.3) is 11.5 Å². The molecule has 0 bridgehead atoms. The van der Waals surface area contributed by atoms with Gasteiger partial charge in [-0.3, -0.25) is 10.1 Å². The summed E-state index contributed by atoms with van der Waals surface area (Å²) >= 11 is 0. The summed E-state index contributed by atoms with van der Waals surface area (Å²) in [6.45, 7) is 0. The standard InChI is InChI=1S/C10H6FN3O5/c1-18-10(15)9-13-12-8(19-9)5-2-6(11)4-7(3-5)14(16)17/h2-4H,1H3. The Kier molecular flexibility index (Phi) is 3.19. The maximum absolute atomic E-state index is 13.2. The number of methoxy groups -OCH3 is 1. The number of hydrogen-bond acceptors (Lipinski definition) is 7. The normalized spacial score (nSPS) is 10.2. The van der Waals surface area contributed by atoms with Gasteiger partial charge in [0.05, 0.1) is 18.1 Å². The highest BCUT2D eigenvalue weighted by Gasteiger charge is 2.18. The van der Waals surface area contributed by atoms with E-state index in [9.17, 15) is 19.3 Å². The summed E-state index contributed by atoms with van der Waals surface area (Å²) in [5, 5.41) is 17.5. The van der Waals surface area contributed by atoms with Gasteiger partial charge in [0.2, 0.25) is 5.89 Å². The number of rotatable bonds is 3. The van der Waals surface area contributed by atoms with Gasteiger partial charge in [-0.15, -0.1) is 10.2 Å². The van der Waals surface area contributed by atoms with Gasteiger partial charge in [0, 0.05) is 11.6 Å². The molecule has 0 spiro atoms. The average Bonchev–Trinajstić information content (AvgIpc) is 2.86. The van der Waals surface area contributed by atoms with Crippen LogP contribution in [-0.2, 0) is 4.74 Å². The molecule has 0 saturated heterocycles. The van der Waals surface area contributed by atoms with Crippen molar-refractivity contribution < 1.29 is 23.3 Å². The van der Waals surface area contributed by atoms with Crippen LogP contribution in [0.4, 0.5) is 10.1 Å². The Morgan fingerprint density at radius 2 is 2.16 bits per heavy atom. The molecule has 19 heavy (non-hydrogen) atoms. The Hall–Kier alpha value is -2.84. The number of nitro groups is 1. The second-order valence-electron chi connectivity index (χ2n) is 3.36. The SMILES string of the molecule is COC(=O)c1nnc(-c2cc(F)cc([N+](=O)[O-])c2)o1. The number of halogens is 1. The summed E-state index contributed by atoms with van der Waals surface area (Å²) in [7, 11) is 1.12. The predicted molar refractivity (Wildman–Crippen MR) is 57.7 cm³/mol. The summed E-state index contributed by atoms with van der Waals surface area (Å²) in [6, 6.07) is 2.78. The zero-order valence-electron chi connectivity index (χ0n) is 9.49. The van der Waals surface area contributed by atoms with Crippen molar-refractivity contribution in [2.24, 2.45) is 0 Å². The highest BCUT2D eigenvalue weighted by atomic mass is 19.1. The average molecular weight is 267 g/mol. The first-order valence-corrected chi connectivity index (χ1v) is 4.88. The molecule has 2 rings (SSSR count). The molecule has 0 radical (unpaired) electrons. The third-order valence-corrected chi connectivity index (χ3v) is 2.13. The van der Waals surface area contributed by atoms with E-state index in [4.69, 9.17) is 4.42 Å². The fourth-order valence-corrected chi connectivity index (χ4v) is 1.31. The fraction of sp³-hybridized carbons (Fsp3) is 0.100. The molecule has 0 aliphatic carbocycles. The van der Waals surface area contributed by atoms with Gasteiger partial charge in [0.25, 0.3) is 5.69 Å². The number of carbonyl (C=O) groups excluding carboxylic acids is 1. The molecule has 1 aromatic heterocycles. The van der Waals surface area contributed by atoms with Crippen molar-refractivity contribution in [3.63, 3.8) is 0 Å². The lowest BCUT2D eigenvalue weighted by Crippen LogP contribution is -2.00. The summed E-state index contributed by atoms with van der Waals surface area (Å²) in [5.41, 5.74) is -0.470. The molecule has 2 aromatic rings. The number of non-ortho nitro benzene ring substituents is 1. The first kappa shape index (κ1) is 12.6. The Bertz CT molecular complexity index is 654. The van der Waals surface area contributed by atoms with Crippen LogP contribution in [-0.4, -0.2) is 28.2 Å². The number of benzene rings is 1. The second kappa shape index (κ2) is 4.80. The predicted octanol–water partition coefficient (Wildman–Crippen LogP) is 1.57. The number of carbonyl (C=O) groups is 1. The highest BCUT2D eigenvalue weighted by molar-refractivity contribution is 5.84. The number of hydrogen-bond donors (Lipinski definition) is 0. The molecule has 98 valence electrons. The largest absolute Gasteiger partial charge is 0.462 e. The molecular formula is C10H6FN3O5. The summed E-state index contributed by atoms with van der Waals surface area (Å²) in [4.78, 5) is 20.9. The maximum atomic E-state index is 13.2. The third kappa shape index (κ3) is 2.54. The van der Waals surface area contributed by atoms with E-state index in [-0.39, 0.29) is 11.5 Å². The molecule has 9 heteroatoms. The van der Waals surface area contributed by atoms with Crippen LogP contribution in [0.1, 0.15) is 10.7 Å². The molecule has 0 aliphatic heterocycles. The lowest BCUT2D eigenvalue weighted by molar-refractivity contribution is -0.385. The zero-order valence-corrected chi connectivity index (χ0v) is 9.49. The van der Waals surface area contributed by atoms with Gasteiger partial charge in [0.1, 0.15) is 5.82 Å². The smallest absolute Gasteiger partial charge is 0.396 e. The van der Waals surface area contributed by atoms with Crippen molar-refractivity contribution in [1.82, 2.24) is 10.2 Å². The Labute approximate surface area is 105 Å². The fourth-order valence-electron chi connectivity index (χ4n) is 1.31. The van der Waals surface area contributed by atoms with Crippen LogP contribution >= 0.6 is 0 Å². The van der Waals surface area contributed by atoms with Gasteiger partial charge in [-0.2, -0.15) is 0 Å². The molecule has 0 aliphatic rings. The summed E-state index contributed by atoms with van der Waals surface area (Å²) in [5.74, 6) is -2.33. The van der Waals surface area contributed by atoms with Crippen molar-refractivity contribution in [2.45, 2.75) is 0 Å². The molecule has 0 unspecified atom stereocenters. The first-order valence-electron chi connectivity index (χ1n) is 4.88. The number of nitrogens with zero attached hydrogens (tertiary/aromatic N) is 3. The van der Waals surface area contributed by atoms with Gasteiger partial charge in [0.15, 0.2) is 0 Å². The Balaban J connectivity index is 2.44. The molecule has 0 saturated carbocycles. The molecule has 1 heterocycles. The third-order valence-electron chi connectivity index (χ3n) is 2.13. The number of nitro benzene ring substituents is 1. The van der Waals surface area contributed by atoms with Crippen LogP contribution in [0.15, 0.2) is 22.6 Å². The van der Waals surface area contributed by atoms with E-state index in [0.29, 0.717) is 0 Å². The molecule has 8 nitrogen and oxygen atoms in total. The maximum Gasteiger partial charge on any atom is 0.396 e. The zero-order chi connectivity index (χ0) is 14.0. The minimum atomic E-state index is -0.857. The molecular weight excluding hydrogens is 261 g/mol. The Morgan fingerprint density at radius 3 is 2.79 bits per heavy atom. The molecule has 1 aromatic carbocycles. The molecule has 0 amide bonds. The quantitative estimate of drug-likeness (QED) is 0.471. The van der Waals surface area contributed by atoms with E-state index in [1.807, 2.05) is 0 Å². The van der Waals surface area contributed by atoms with Gasteiger partial charge < -0.3 is 9.15 Å². The van der Waals surface area contributed by atoms with E-state index in [1.54, 1.807) is 0 Å². The van der Waals surface area contributed by atoms with E-state index < -0.39 is 28.3 Å². The van der Waals surface area contributed by atoms with Crippen molar-refractivity contribution in [1.29, 1.82) is 0 Å². The number of ether oxygens (including phenoxy) is 1. The topological polar surface area (TPSA) is 108 Å². The van der Waals surface area contributed by atoms with Crippen LogP contribution in [0.5, 0.6) is 0 Å². The van der Waals surface area contributed by atoms with Gasteiger partial charge in [-0.25, -0.2) is 9.18 Å². The van der Waals surface area contributed by atoms with E-state index in [0.717, 1.165) is 25.3 Å². The van der Waals surface area contributed by atoms with E-state index in [2.05, 4.69) is 14.9 Å². The van der Waals surface area contributed by atoms with Crippen LogP contribution < -0.4 is 0 Å². The minimum Gasteiger partial charge on any atom is -0.462 e. The van der Waals surface area contributed by atoms with E-state index >= 15 is 0 Å². The van der Waals surface area contributed by atoms with Crippen LogP contribution in [0.3, 0.4) is 0 Å². The number of aromatic nitrogens is 2. The van der Waals surface area contributed by atoms with Crippen LogP contribution in [0, 0.1) is 15.9 Å². The summed E-state index contributed by atoms with van der Waals surface area (Å²) in [6.07, 6.45) is 0.